The Hall–Kier alpha value is -3.04. The molecule has 0 aliphatic carbocycles. The third kappa shape index (κ3) is 3.10. The topological polar surface area (TPSA) is 76.4 Å². The molecule has 1 N–H and O–H groups in total. The average molecular weight is 325 g/mol. The molecule has 1 aromatic heterocycles. The molecule has 0 aliphatic heterocycles. The second kappa shape index (κ2) is 5.63. The third-order valence-electron chi connectivity index (χ3n) is 3.18. The van der Waals surface area contributed by atoms with Gasteiger partial charge in [0.1, 0.15) is 5.58 Å². The van der Waals surface area contributed by atoms with E-state index in [4.69, 9.17) is 10.8 Å². The number of terminal acetylenes is 1. The number of nitrogens with one attached hydrogen (secondary N) is 1. The molecule has 2 aromatic carbocycles. The van der Waals surface area contributed by atoms with Crippen molar-refractivity contribution in [2.45, 2.75) is 4.90 Å². The molecule has 0 spiro atoms. The fraction of sp³-hybridized carbons (Fsp3) is 0. The molecule has 0 atom stereocenters. The lowest BCUT2D eigenvalue weighted by Crippen LogP contribution is -2.13. The van der Waals surface area contributed by atoms with Crippen molar-refractivity contribution in [2.24, 2.45) is 0 Å². The van der Waals surface area contributed by atoms with Crippen molar-refractivity contribution < 1.29 is 12.8 Å². The summed E-state index contributed by atoms with van der Waals surface area (Å²) in [6.45, 7) is 0. The number of benzene rings is 2. The number of rotatable bonds is 3. The molecule has 5 nitrogen and oxygen atoms in total. The lowest BCUT2D eigenvalue weighted by molar-refractivity contribution is 0.560. The zero-order valence-corrected chi connectivity index (χ0v) is 12.6. The van der Waals surface area contributed by atoms with Gasteiger partial charge in [-0.1, -0.05) is 12.0 Å². The van der Waals surface area contributed by atoms with Gasteiger partial charge in [-0.25, -0.2) is 13.2 Å². The Bertz CT molecular complexity index is 1090. The second-order valence-corrected chi connectivity index (χ2v) is 6.47. The molecule has 114 valence electrons. The first-order valence-electron chi connectivity index (χ1n) is 6.61. The predicted molar refractivity (Wildman–Crippen MR) is 87.7 cm³/mol. The van der Waals surface area contributed by atoms with E-state index in [2.05, 4.69) is 10.6 Å². The van der Waals surface area contributed by atoms with Crippen LogP contribution in [0.15, 0.2) is 68.7 Å². The lowest BCUT2D eigenvalue weighted by Gasteiger charge is -2.09. The van der Waals surface area contributed by atoms with Crippen LogP contribution in [0.4, 0.5) is 5.69 Å². The van der Waals surface area contributed by atoms with Crippen molar-refractivity contribution in [1.29, 1.82) is 0 Å². The Balaban J connectivity index is 2.00. The highest BCUT2D eigenvalue weighted by atomic mass is 32.2. The molecule has 0 unspecified atom stereocenters. The molecule has 0 saturated carbocycles. The van der Waals surface area contributed by atoms with Crippen LogP contribution in [0.25, 0.3) is 11.0 Å². The highest BCUT2D eigenvalue weighted by Gasteiger charge is 2.15. The quantitative estimate of drug-likeness (QED) is 0.593. The van der Waals surface area contributed by atoms with Gasteiger partial charge in [-0.15, -0.1) is 6.42 Å². The molecule has 0 radical (unpaired) electrons. The molecule has 6 heteroatoms. The van der Waals surface area contributed by atoms with E-state index in [0.717, 1.165) is 0 Å². The van der Waals surface area contributed by atoms with Crippen molar-refractivity contribution in [3.8, 4) is 12.3 Å². The summed E-state index contributed by atoms with van der Waals surface area (Å²) < 4.78 is 32.4. The van der Waals surface area contributed by atoms with Gasteiger partial charge in [0.25, 0.3) is 10.0 Å². The normalized spacial score (nSPS) is 11.1. The minimum absolute atomic E-state index is 0.0601. The van der Waals surface area contributed by atoms with Gasteiger partial charge in [-0.05, 0) is 42.5 Å². The Labute approximate surface area is 132 Å². The van der Waals surface area contributed by atoms with Crippen molar-refractivity contribution in [2.75, 3.05) is 4.72 Å². The number of hydrogen-bond donors (Lipinski definition) is 1. The Kier molecular flexibility index (Phi) is 3.64. The minimum Gasteiger partial charge on any atom is -0.423 e. The highest BCUT2D eigenvalue weighted by Crippen LogP contribution is 2.21. The maximum absolute atomic E-state index is 12.5. The van der Waals surface area contributed by atoms with Gasteiger partial charge in [-0.3, -0.25) is 4.72 Å². The van der Waals surface area contributed by atoms with Crippen molar-refractivity contribution in [3.63, 3.8) is 0 Å². The Morgan fingerprint density at radius 3 is 2.65 bits per heavy atom. The first-order valence-corrected chi connectivity index (χ1v) is 8.10. The van der Waals surface area contributed by atoms with E-state index in [0.29, 0.717) is 22.2 Å². The van der Waals surface area contributed by atoms with Crippen LogP contribution in [0.5, 0.6) is 0 Å². The van der Waals surface area contributed by atoms with Crippen LogP contribution >= 0.6 is 0 Å². The highest BCUT2D eigenvalue weighted by molar-refractivity contribution is 7.92. The first-order chi connectivity index (χ1) is 11.0. The molecule has 0 fully saturated rings. The smallest absolute Gasteiger partial charge is 0.336 e. The second-order valence-electron chi connectivity index (χ2n) is 4.78. The van der Waals surface area contributed by atoms with Gasteiger partial charge >= 0.3 is 5.63 Å². The zero-order chi connectivity index (χ0) is 16.4. The van der Waals surface area contributed by atoms with Crippen LogP contribution in [0, 0.1) is 12.3 Å². The van der Waals surface area contributed by atoms with Gasteiger partial charge in [-0.2, -0.15) is 0 Å². The van der Waals surface area contributed by atoms with Gasteiger partial charge in [0.15, 0.2) is 0 Å². The minimum atomic E-state index is -3.78. The molecule has 0 bridgehead atoms. The average Bonchev–Trinajstić information content (AvgIpc) is 2.54. The molecule has 0 aliphatic rings. The standard InChI is InChI=1S/C17H11NO4S/c1-2-12-4-3-5-14(10-12)18-23(20,21)15-7-8-16-13(11-15)6-9-17(19)22-16/h1,3-11,18H. The summed E-state index contributed by atoms with van der Waals surface area (Å²) in [6, 6.07) is 13.6. The van der Waals surface area contributed by atoms with Crippen LogP contribution < -0.4 is 10.3 Å². The van der Waals surface area contributed by atoms with Gasteiger partial charge in [0.05, 0.1) is 10.6 Å². The fourth-order valence-corrected chi connectivity index (χ4v) is 3.19. The number of anilines is 1. The lowest BCUT2D eigenvalue weighted by atomic mass is 10.2. The molecular formula is C17H11NO4S. The van der Waals surface area contributed by atoms with Crippen LogP contribution in [0.3, 0.4) is 0 Å². The van der Waals surface area contributed by atoms with E-state index in [1.165, 1.54) is 30.3 Å². The largest absolute Gasteiger partial charge is 0.423 e. The summed E-state index contributed by atoms with van der Waals surface area (Å²) >= 11 is 0. The van der Waals surface area contributed by atoms with Gasteiger partial charge in [0, 0.05) is 17.0 Å². The fourth-order valence-electron chi connectivity index (χ4n) is 2.10. The zero-order valence-electron chi connectivity index (χ0n) is 11.8. The molecule has 3 aromatic rings. The molecule has 0 amide bonds. The number of fused-ring (bicyclic) bond motifs is 1. The SMILES string of the molecule is C#Cc1cccc(NS(=O)(=O)c2ccc3oc(=O)ccc3c2)c1. The third-order valence-corrected chi connectivity index (χ3v) is 4.56. The summed E-state index contributed by atoms with van der Waals surface area (Å²) in [5.74, 6) is 2.45. The molecule has 1 heterocycles. The molecule has 0 saturated heterocycles. The molecular weight excluding hydrogens is 314 g/mol. The van der Waals surface area contributed by atoms with E-state index >= 15 is 0 Å². The molecule has 23 heavy (non-hydrogen) atoms. The Morgan fingerprint density at radius 1 is 1.04 bits per heavy atom. The summed E-state index contributed by atoms with van der Waals surface area (Å²) in [7, 11) is -3.78. The van der Waals surface area contributed by atoms with Crippen molar-refractivity contribution in [1.82, 2.24) is 0 Å². The van der Waals surface area contributed by atoms with E-state index < -0.39 is 15.6 Å². The molecule has 3 rings (SSSR count). The number of sulfonamides is 1. The summed E-state index contributed by atoms with van der Waals surface area (Å²) in [6.07, 6.45) is 5.30. The maximum Gasteiger partial charge on any atom is 0.336 e. The number of hydrogen-bond acceptors (Lipinski definition) is 4. The van der Waals surface area contributed by atoms with E-state index in [-0.39, 0.29) is 4.90 Å². The van der Waals surface area contributed by atoms with E-state index in [1.54, 1.807) is 24.3 Å². The summed E-state index contributed by atoms with van der Waals surface area (Å²) in [5.41, 5.74) is 0.786. The first kappa shape index (κ1) is 14.9. The predicted octanol–water partition coefficient (Wildman–Crippen LogP) is 2.58. The summed E-state index contributed by atoms with van der Waals surface area (Å²) in [4.78, 5) is 11.2. The Morgan fingerprint density at radius 2 is 1.87 bits per heavy atom. The van der Waals surface area contributed by atoms with Crippen LogP contribution in [-0.4, -0.2) is 8.42 Å². The van der Waals surface area contributed by atoms with E-state index in [9.17, 15) is 13.2 Å². The van der Waals surface area contributed by atoms with Crippen LogP contribution in [-0.2, 0) is 10.0 Å². The van der Waals surface area contributed by atoms with Crippen molar-refractivity contribution >= 4 is 26.7 Å². The monoisotopic (exact) mass is 325 g/mol. The van der Waals surface area contributed by atoms with Gasteiger partial charge in [0.2, 0.25) is 0 Å². The van der Waals surface area contributed by atoms with Gasteiger partial charge < -0.3 is 4.42 Å². The van der Waals surface area contributed by atoms with Crippen LogP contribution in [0.2, 0.25) is 0 Å². The maximum atomic E-state index is 12.5. The van der Waals surface area contributed by atoms with Crippen molar-refractivity contribution in [3.05, 3.63) is 70.6 Å². The van der Waals surface area contributed by atoms with Crippen LogP contribution in [0.1, 0.15) is 5.56 Å². The van der Waals surface area contributed by atoms with E-state index in [1.807, 2.05) is 0 Å². The summed E-state index contributed by atoms with van der Waals surface area (Å²) in [5, 5.41) is 0.518.